The third kappa shape index (κ3) is 5.11. The SMILES string of the molecule is CC(C)(C)OC(=O)N1CCC(/C(=N\O)c2cccc(C(F)(F)F)c2F)CC1. The second-order valence-electron chi connectivity index (χ2n) is 7.39. The summed E-state index contributed by atoms with van der Waals surface area (Å²) in [4.78, 5) is 13.5. The van der Waals surface area contributed by atoms with E-state index in [1.807, 2.05) is 0 Å². The number of alkyl halides is 3. The Morgan fingerprint density at radius 3 is 2.30 bits per heavy atom. The van der Waals surface area contributed by atoms with Crippen molar-refractivity contribution in [1.29, 1.82) is 0 Å². The van der Waals surface area contributed by atoms with Crippen LogP contribution in [-0.4, -0.2) is 40.6 Å². The van der Waals surface area contributed by atoms with Crippen LogP contribution in [0.2, 0.25) is 0 Å². The molecule has 0 unspecified atom stereocenters. The van der Waals surface area contributed by atoms with Crippen LogP contribution in [0.15, 0.2) is 23.4 Å². The van der Waals surface area contributed by atoms with Gasteiger partial charge in [-0.15, -0.1) is 0 Å². The minimum atomic E-state index is -4.85. The van der Waals surface area contributed by atoms with E-state index < -0.39 is 35.2 Å². The van der Waals surface area contributed by atoms with Crippen LogP contribution in [0.25, 0.3) is 0 Å². The molecule has 0 bridgehead atoms. The predicted molar refractivity (Wildman–Crippen MR) is 90.3 cm³/mol. The van der Waals surface area contributed by atoms with Gasteiger partial charge < -0.3 is 14.8 Å². The number of amides is 1. The molecule has 0 radical (unpaired) electrons. The summed E-state index contributed by atoms with van der Waals surface area (Å²) < 4.78 is 58.4. The van der Waals surface area contributed by atoms with Crippen molar-refractivity contribution >= 4 is 11.8 Å². The van der Waals surface area contributed by atoms with E-state index in [9.17, 15) is 27.6 Å². The summed E-state index contributed by atoms with van der Waals surface area (Å²) in [5.41, 5.74) is -2.59. The molecule has 5 nitrogen and oxygen atoms in total. The number of hydrogen-bond donors (Lipinski definition) is 1. The molecule has 0 atom stereocenters. The number of rotatable bonds is 2. The fraction of sp³-hybridized carbons (Fsp3) is 0.556. The van der Waals surface area contributed by atoms with Gasteiger partial charge in [-0.2, -0.15) is 13.2 Å². The first-order valence-electron chi connectivity index (χ1n) is 8.50. The highest BCUT2D eigenvalue weighted by atomic mass is 19.4. The molecule has 150 valence electrons. The van der Waals surface area contributed by atoms with Crippen LogP contribution in [0.3, 0.4) is 0 Å². The van der Waals surface area contributed by atoms with Gasteiger partial charge in [-0.3, -0.25) is 0 Å². The van der Waals surface area contributed by atoms with Crippen molar-refractivity contribution < 1.29 is 32.3 Å². The number of nitrogens with zero attached hydrogens (tertiary/aromatic N) is 2. The Bertz CT molecular complexity index is 718. The topological polar surface area (TPSA) is 62.1 Å². The zero-order valence-electron chi connectivity index (χ0n) is 15.3. The second-order valence-corrected chi connectivity index (χ2v) is 7.39. The summed E-state index contributed by atoms with van der Waals surface area (Å²) in [5.74, 6) is -1.95. The van der Waals surface area contributed by atoms with Crippen molar-refractivity contribution in [3.8, 4) is 0 Å². The number of oxime groups is 1. The Morgan fingerprint density at radius 2 is 1.81 bits per heavy atom. The van der Waals surface area contributed by atoms with E-state index >= 15 is 0 Å². The number of carbonyl (C=O) groups excluding carboxylic acids is 1. The largest absolute Gasteiger partial charge is 0.444 e. The van der Waals surface area contributed by atoms with Crippen molar-refractivity contribution in [2.45, 2.75) is 45.4 Å². The second kappa shape index (κ2) is 7.74. The number of benzene rings is 1. The van der Waals surface area contributed by atoms with E-state index in [1.165, 1.54) is 4.90 Å². The summed E-state index contributed by atoms with van der Waals surface area (Å²) in [5, 5.41) is 12.4. The van der Waals surface area contributed by atoms with E-state index in [0.29, 0.717) is 18.9 Å². The lowest BCUT2D eigenvalue weighted by Crippen LogP contribution is -2.43. The molecule has 0 spiro atoms. The molecular formula is C18H22F4N2O3. The zero-order valence-corrected chi connectivity index (χ0v) is 15.3. The van der Waals surface area contributed by atoms with E-state index in [1.54, 1.807) is 20.8 Å². The lowest BCUT2D eigenvalue weighted by Gasteiger charge is -2.33. The van der Waals surface area contributed by atoms with E-state index in [-0.39, 0.29) is 24.4 Å². The normalized spacial score (nSPS) is 17.1. The summed E-state index contributed by atoms with van der Waals surface area (Å²) in [6, 6.07) is 2.86. The first-order chi connectivity index (χ1) is 12.4. The molecule has 1 amide bonds. The molecule has 0 saturated carbocycles. The molecule has 1 saturated heterocycles. The molecule has 1 aliphatic rings. The lowest BCUT2D eigenvalue weighted by atomic mass is 9.87. The molecule has 1 aliphatic heterocycles. The molecule has 1 N–H and O–H groups in total. The van der Waals surface area contributed by atoms with Crippen molar-refractivity contribution in [3.05, 3.63) is 35.1 Å². The van der Waals surface area contributed by atoms with Gasteiger partial charge >= 0.3 is 12.3 Å². The van der Waals surface area contributed by atoms with Gasteiger partial charge in [-0.1, -0.05) is 17.3 Å². The van der Waals surface area contributed by atoms with Crippen molar-refractivity contribution in [1.82, 2.24) is 4.90 Å². The molecular weight excluding hydrogens is 368 g/mol. The van der Waals surface area contributed by atoms with Crippen LogP contribution in [0.1, 0.15) is 44.7 Å². The average molecular weight is 390 g/mol. The van der Waals surface area contributed by atoms with Crippen LogP contribution < -0.4 is 0 Å². The first-order valence-corrected chi connectivity index (χ1v) is 8.50. The van der Waals surface area contributed by atoms with Gasteiger partial charge in [0.1, 0.15) is 11.4 Å². The Balaban J connectivity index is 2.15. The number of halogens is 4. The highest BCUT2D eigenvalue weighted by molar-refractivity contribution is 6.02. The summed E-state index contributed by atoms with van der Waals surface area (Å²) >= 11 is 0. The van der Waals surface area contributed by atoms with Crippen LogP contribution in [0.4, 0.5) is 22.4 Å². The van der Waals surface area contributed by atoms with Crippen molar-refractivity contribution in [3.63, 3.8) is 0 Å². The molecule has 27 heavy (non-hydrogen) atoms. The number of piperidine rings is 1. The van der Waals surface area contributed by atoms with E-state index in [0.717, 1.165) is 12.1 Å². The van der Waals surface area contributed by atoms with Gasteiger partial charge in [0.25, 0.3) is 0 Å². The van der Waals surface area contributed by atoms with Crippen LogP contribution in [0.5, 0.6) is 0 Å². The number of hydrogen-bond acceptors (Lipinski definition) is 4. The van der Waals surface area contributed by atoms with Gasteiger partial charge in [0.05, 0.1) is 11.3 Å². The molecule has 1 fully saturated rings. The standard InChI is InChI=1S/C18H22F4N2O3/c1-17(2,3)27-16(25)24-9-7-11(8-10-24)15(23-26)12-5-4-6-13(14(12)19)18(20,21)22/h4-6,11,26H,7-10H2,1-3H3/b23-15+. The number of likely N-dealkylation sites (tertiary alicyclic amines) is 1. The molecule has 1 aromatic carbocycles. The quantitative estimate of drug-likeness (QED) is 0.346. The van der Waals surface area contributed by atoms with E-state index in [2.05, 4.69) is 5.16 Å². The van der Waals surface area contributed by atoms with Gasteiger partial charge in [-0.25, -0.2) is 9.18 Å². The van der Waals surface area contributed by atoms with Gasteiger partial charge in [-0.05, 0) is 39.7 Å². The van der Waals surface area contributed by atoms with Gasteiger partial charge in [0.2, 0.25) is 0 Å². The highest BCUT2D eigenvalue weighted by Gasteiger charge is 2.37. The number of carbonyl (C=O) groups is 1. The summed E-state index contributed by atoms with van der Waals surface area (Å²) in [7, 11) is 0. The fourth-order valence-corrected chi connectivity index (χ4v) is 2.97. The van der Waals surface area contributed by atoms with Crippen LogP contribution in [0, 0.1) is 11.7 Å². The van der Waals surface area contributed by atoms with Gasteiger partial charge in [0, 0.05) is 24.6 Å². The third-order valence-corrected chi connectivity index (χ3v) is 4.22. The monoisotopic (exact) mass is 390 g/mol. The maximum atomic E-state index is 14.4. The minimum Gasteiger partial charge on any atom is -0.444 e. The van der Waals surface area contributed by atoms with Crippen LogP contribution in [-0.2, 0) is 10.9 Å². The Kier molecular flexibility index (Phi) is 6.01. The highest BCUT2D eigenvalue weighted by Crippen LogP contribution is 2.34. The Labute approximate surface area is 154 Å². The molecule has 1 heterocycles. The Morgan fingerprint density at radius 1 is 1.22 bits per heavy atom. The van der Waals surface area contributed by atoms with E-state index in [4.69, 9.17) is 4.74 Å². The minimum absolute atomic E-state index is 0.151. The molecule has 9 heteroatoms. The Hall–Kier alpha value is -2.32. The first kappa shape index (κ1) is 21.0. The zero-order chi connectivity index (χ0) is 20.4. The smallest absolute Gasteiger partial charge is 0.419 e. The average Bonchev–Trinajstić information content (AvgIpc) is 2.55. The number of ether oxygens (including phenoxy) is 1. The molecule has 0 aliphatic carbocycles. The third-order valence-electron chi connectivity index (χ3n) is 4.22. The molecule has 0 aromatic heterocycles. The van der Waals surface area contributed by atoms with Gasteiger partial charge in [0.15, 0.2) is 0 Å². The predicted octanol–water partition coefficient (Wildman–Crippen LogP) is 4.67. The summed E-state index contributed by atoms with van der Waals surface area (Å²) in [6.45, 7) is 5.75. The summed E-state index contributed by atoms with van der Waals surface area (Å²) in [6.07, 6.45) is -4.71. The van der Waals surface area contributed by atoms with Crippen molar-refractivity contribution in [2.75, 3.05) is 13.1 Å². The van der Waals surface area contributed by atoms with Crippen molar-refractivity contribution in [2.24, 2.45) is 11.1 Å². The maximum Gasteiger partial charge on any atom is 0.419 e. The maximum absolute atomic E-state index is 14.4. The molecule has 2 rings (SSSR count). The van der Waals surface area contributed by atoms with Crippen LogP contribution >= 0.6 is 0 Å². The fourth-order valence-electron chi connectivity index (χ4n) is 2.97. The molecule has 1 aromatic rings. The lowest BCUT2D eigenvalue weighted by molar-refractivity contribution is -0.140.